The zero-order valence-electron chi connectivity index (χ0n) is 16.5. The second-order valence-corrected chi connectivity index (χ2v) is 8.14. The van der Waals surface area contributed by atoms with Gasteiger partial charge in [0.2, 0.25) is 0 Å². The third-order valence-electron chi connectivity index (χ3n) is 4.69. The van der Waals surface area contributed by atoms with Crippen molar-refractivity contribution in [3.8, 4) is 0 Å². The van der Waals surface area contributed by atoms with Crippen LogP contribution in [0.25, 0.3) is 11.0 Å². The molecule has 0 saturated heterocycles. The fraction of sp³-hybridized carbons (Fsp3) is 0.400. The number of carbonyl (C=O) groups excluding carboxylic acids is 1. The van der Waals surface area contributed by atoms with Crippen LogP contribution in [-0.4, -0.2) is 53.5 Å². The van der Waals surface area contributed by atoms with Gasteiger partial charge in [-0.2, -0.15) is 0 Å². The van der Waals surface area contributed by atoms with Crippen LogP contribution in [0.1, 0.15) is 27.9 Å². The summed E-state index contributed by atoms with van der Waals surface area (Å²) in [7, 11) is 5.86. The maximum atomic E-state index is 12.6. The van der Waals surface area contributed by atoms with E-state index in [0.717, 1.165) is 16.9 Å². The molecular formula is C20H27N5OS. The number of fused-ring (bicyclic) bond motifs is 1. The molecule has 6 nitrogen and oxygen atoms in total. The number of carbonyl (C=O) groups is 1. The second-order valence-electron chi connectivity index (χ2n) is 7.19. The molecule has 2 amide bonds. The fourth-order valence-corrected chi connectivity index (χ4v) is 4.23. The summed E-state index contributed by atoms with van der Waals surface area (Å²) in [6.07, 6.45) is 0. The van der Waals surface area contributed by atoms with Crippen LogP contribution in [0.3, 0.4) is 0 Å². The number of aryl methyl sites for hydroxylation is 2. The number of thiophene rings is 1. The van der Waals surface area contributed by atoms with E-state index in [0.29, 0.717) is 13.1 Å². The summed E-state index contributed by atoms with van der Waals surface area (Å²) < 4.78 is 0. The van der Waals surface area contributed by atoms with Gasteiger partial charge in [0.15, 0.2) is 0 Å². The van der Waals surface area contributed by atoms with Crippen LogP contribution in [0.2, 0.25) is 0 Å². The Labute approximate surface area is 164 Å². The monoisotopic (exact) mass is 385 g/mol. The first-order chi connectivity index (χ1) is 12.8. The number of rotatable bonds is 6. The third-order valence-corrected chi connectivity index (χ3v) is 5.81. The number of imidazole rings is 1. The number of hydrogen-bond acceptors (Lipinski definition) is 4. The van der Waals surface area contributed by atoms with Gasteiger partial charge in [-0.3, -0.25) is 0 Å². The number of benzene rings is 1. The molecule has 1 aromatic carbocycles. The Bertz CT molecular complexity index is 929. The van der Waals surface area contributed by atoms with Gasteiger partial charge < -0.3 is 20.1 Å². The van der Waals surface area contributed by atoms with Gasteiger partial charge in [-0.05, 0) is 62.6 Å². The molecule has 7 heteroatoms. The number of aromatic amines is 1. The van der Waals surface area contributed by atoms with E-state index in [4.69, 9.17) is 0 Å². The molecular weight excluding hydrogens is 358 g/mol. The van der Waals surface area contributed by atoms with E-state index in [9.17, 15) is 4.79 Å². The third kappa shape index (κ3) is 4.48. The molecule has 0 aliphatic heterocycles. The summed E-state index contributed by atoms with van der Waals surface area (Å²) in [5, 5.41) is 5.15. The van der Waals surface area contributed by atoms with Crippen molar-refractivity contribution in [3.63, 3.8) is 0 Å². The quantitative estimate of drug-likeness (QED) is 0.680. The Morgan fingerprint density at radius 1 is 1.26 bits per heavy atom. The normalized spacial score (nSPS) is 12.5. The minimum atomic E-state index is -0.104. The minimum Gasteiger partial charge on any atom is -0.340 e. The van der Waals surface area contributed by atoms with Crippen molar-refractivity contribution in [1.29, 1.82) is 0 Å². The molecule has 3 aromatic rings. The van der Waals surface area contributed by atoms with Crippen LogP contribution in [0, 0.1) is 13.8 Å². The Morgan fingerprint density at radius 2 is 2.04 bits per heavy atom. The van der Waals surface area contributed by atoms with Crippen molar-refractivity contribution < 1.29 is 4.79 Å². The van der Waals surface area contributed by atoms with Gasteiger partial charge in [0.1, 0.15) is 5.82 Å². The zero-order chi connectivity index (χ0) is 19.6. The lowest BCUT2D eigenvalue weighted by Gasteiger charge is -2.26. The van der Waals surface area contributed by atoms with E-state index in [-0.39, 0.29) is 12.1 Å². The molecule has 2 aromatic heterocycles. The molecule has 144 valence electrons. The van der Waals surface area contributed by atoms with Crippen LogP contribution in [0.15, 0.2) is 29.6 Å². The average Bonchev–Trinajstić information content (AvgIpc) is 3.20. The number of nitrogens with zero attached hydrogens (tertiary/aromatic N) is 3. The lowest BCUT2D eigenvalue weighted by Crippen LogP contribution is -2.41. The maximum Gasteiger partial charge on any atom is 0.317 e. The zero-order valence-corrected chi connectivity index (χ0v) is 17.4. The van der Waals surface area contributed by atoms with Gasteiger partial charge >= 0.3 is 6.03 Å². The number of amides is 2. The van der Waals surface area contributed by atoms with E-state index in [2.05, 4.69) is 51.5 Å². The number of likely N-dealkylation sites (N-methyl/N-ethyl adjacent to an activating group) is 1. The van der Waals surface area contributed by atoms with Crippen molar-refractivity contribution in [2.45, 2.75) is 26.4 Å². The minimum absolute atomic E-state index is 0.104. The van der Waals surface area contributed by atoms with Crippen LogP contribution in [0.5, 0.6) is 0 Å². The predicted molar refractivity (Wildman–Crippen MR) is 111 cm³/mol. The van der Waals surface area contributed by atoms with Crippen molar-refractivity contribution in [2.75, 3.05) is 27.7 Å². The SMILES string of the molecule is Cc1ccc2nc(CN(C)C(=O)NCC(c3sccc3C)N(C)C)[nH]c2c1. The molecule has 2 heterocycles. The highest BCUT2D eigenvalue weighted by atomic mass is 32.1. The van der Waals surface area contributed by atoms with E-state index in [1.165, 1.54) is 16.0 Å². The Kier molecular flexibility index (Phi) is 5.82. The topological polar surface area (TPSA) is 64.3 Å². The first-order valence-electron chi connectivity index (χ1n) is 8.99. The highest BCUT2D eigenvalue weighted by Crippen LogP contribution is 2.26. The van der Waals surface area contributed by atoms with Gasteiger partial charge in [-0.25, -0.2) is 9.78 Å². The summed E-state index contributed by atoms with van der Waals surface area (Å²) in [6, 6.07) is 8.28. The first kappa shape index (κ1) is 19.4. The number of aromatic nitrogens is 2. The number of H-pyrrole nitrogens is 1. The average molecular weight is 386 g/mol. The summed E-state index contributed by atoms with van der Waals surface area (Å²) in [5.74, 6) is 0.784. The molecule has 0 saturated carbocycles. The van der Waals surface area contributed by atoms with Gasteiger partial charge in [0.25, 0.3) is 0 Å². The molecule has 27 heavy (non-hydrogen) atoms. The van der Waals surface area contributed by atoms with Gasteiger partial charge in [0, 0.05) is 18.5 Å². The van der Waals surface area contributed by atoms with Crippen molar-refractivity contribution in [2.24, 2.45) is 0 Å². The summed E-state index contributed by atoms with van der Waals surface area (Å²) in [5.41, 5.74) is 4.37. The number of nitrogens with one attached hydrogen (secondary N) is 2. The summed E-state index contributed by atoms with van der Waals surface area (Å²) >= 11 is 1.73. The van der Waals surface area contributed by atoms with E-state index < -0.39 is 0 Å². The molecule has 0 bridgehead atoms. The summed E-state index contributed by atoms with van der Waals surface area (Å²) in [6.45, 7) is 5.16. The molecule has 2 N–H and O–H groups in total. The molecule has 0 aliphatic carbocycles. The predicted octanol–water partition coefficient (Wildman–Crippen LogP) is 3.69. The molecule has 3 rings (SSSR count). The fourth-order valence-electron chi connectivity index (χ4n) is 3.10. The van der Waals surface area contributed by atoms with Crippen LogP contribution >= 0.6 is 11.3 Å². The Hall–Kier alpha value is -2.38. The van der Waals surface area contributed by atoms with Crippen LogP contribution in [0.4, 0.5) is 4.79 Å². The molecule has 0 aliphatic rings. The van der Waals surface area contributed by atoms with E-state index in [1.807, 2.05) is 26.2 Å². The lowest BCUT2D eigenvalue weighted by atomic mass is 10.1. The highest BCUT2D eigenvalue weighted by Gasteiger charge is 2.20. The Morgan fingerprint density at radius 3 is 2.70 bits per heavy atom. The van der Waals surface area contributed by atoms with Gasteiger partial charge in [0.05, 0.1) is 23.6 Å². The largest absolute Gasteiger partial charge is 0.340 e. The van der Waals surface area contributed by atoms with Crippen molar-refractivity contribution in [3.05, 3.63) is 51.5 Å². The highest BCUT2D eigenvalue weighted by molar-refractivity contribution is 7.10. The van der Waals surface area contributed by atoms with E-state index in [1.54, 1.807) is 23.3 Å². The first-order valence-corrected chi connectivity index (χ1v) is 9.87. The Balaban J connectivity index is 1.61. The number of hydrogen-bond donors (Lipinski definition) is 2. The van der Waals surface area contributed by atoms with E-state index >= 15 is 0 Å². The standard InChI is InChI=1S/C20H27N5OS/c1-13-6-7-15-16(10-13)23-18(22-15)12-25(5)20(26)21-11-17(24(3)4)19-14(2)8-9-27-19/h6-10,17H,11-12H2,1-5H3,(H,21,26)(H,22,23). The summed E-state index contributed by atoms with van der Waals surface area (Å²) in [4.78, 5) is 25.5. The van der Waals surface area contributed by atoms with Crippen molar-refractivity contribution >= 4 is 28.4 Å². The molecule has 0 spiro atoms. The van der Waals surface area contributed by atoms with Crippen LogP contribution in [-0.2, 0) is 6.54 Å². The molecule has 0 radical (unpaired) electrons. The number of urea groups is 1. The lowest BCUT2D eigenvalue weighted by molar-refractivity contribution is 0.200. The van der Waals surface area contributed by atoms with Crippen molar-refractivity contribution in [1.82, 2.24) is 25.1 Å². The maximum absolute atomic E-state index is 12.6. The second kappa shape index (κ2) is 8.10. The molecule has 0 fully saturated rings. The smallest absolute Gasteiger partial charge is 0.317 e. The molecule has 1 atom stereocenters. The van der Waals surface area contributed by atoms with Crippen LogP contribution < -0.4 is 5.32 Å². The molecule has 1 unspecified atom stereocenters. The van der Waals surface area contributed by atoms with Gasteiger partial charge in [-0.15, -0.1) is 11.3 Å². The van der Waals surface area contributed by atoms with Gasteiger partial charge in [-0.1, -0.05) is 6.07 Å².